The largest absolute Gasteiger partial charge is 0.481 e. The van der Waals surface area contributed by atoms with Crippen molar-refractivity contribution >= 4 is 23.2 Å². The fraction of sp³-hybridized carbons (Fsp3) is 0.389. The summed E-state index contributed by atoms with van der Waals surface area (Å²) in [6, 6.07) is 5.57. The number of amides is 1. The molecule has 0 aliphatic carbocycles. The second kappa shape index (κ2) is 6.60. The highest BCUT2D eigenvalue weighted by molar-refractivity contribution is 7.16. The van der Waals surface area contributed by atoms with Crippen molar-refractivity contribution in [2.24, 2.45) is 5.92 Å². The lowest BCUT2D eigenvalue weighted by molar-refractivity contribution is -0.143. The molecule has 0 bridgehead atoms. The molecule has 0 spiro atoms. The number of fused-ring (bicyclic) bond motifs is 1. The van der Waals surface area contributed by atoms with Crippen LogP contribution in [0.25, 0.3) is 10.6 Å². The SMILES string of the molecule is CC1CCC(C(=O)O)CN1C(=O)c1cnc(-c2ccc3c(c2)OCO3)s1. The first-order valence-electron chi connectivity index (χ1n) is 8.42. The van der Waals surface area contributed by atoms with E-state index in [2.05, 4.69) is 4.98 Å². The van der Waals surface area contributed by atoms with Gasteiger partial charge in [0.2, 0.25) is 6.79 Å². The van der Waals surface area contributed by atoms with E-state index in [4.69, 9.17) is 9.47 Å². The van der Waals surface area contributed by atoms with Gasteiger partial charge in [0.15, 0.2) is 11.5 Å². The van der Waals surface area contributed by atoms with Crippen LogP contribution < -0.4 is 9.47 Å². The van der Waals surface area contributed by atoms with Crippen LogP contribution in [0, 0.1) is 5.92 Å². The molecule has 1 amide bonds. The van der Waals surface area contributed by atoms with Gasteiger partial charge in [-0.1, -0.05) is 0 Å². The molecule has 4 rings (SSSR count). The summed E-state index contributed by atoms with van der Waals surface area (Å²) in [5, 5.41) is 9.97. The lowest BCUT2D eigenvalue weighted by atomic mass is 9.93. The number of carboxylic acid groups (broad SMARTS) is 1. The first kappa shape index (κ1) is 16.8. The van der Waals surface area contributed by atoms with Crippen molar-refractivity contribution < 1.29 is 24.2 Å². The van der Waals surface area contributed by atoms with Crippen LogP contribution in [0.3, 0.4) is 0 Å². The van der Waals surface area contributed by atoms with Crippen LogP contribution in [0.4, 0.5) is 0 Å². The molecular formula is C18H18N2O5S. The third-order valence-corrected chi connectivity index (χ3v) is 5.86. The summed E-state index contributed by atoms with van der Waals surface area (Å²) >= 11 is 1.30. The molecule has 1 N–H and O–H groups in total. The topological polar surface area (TPSA) is 89.0 Å². The summed E-state index contributed by atoms with van der Waals surface area (Å²) < 4.78 is 10.7. The van der Waals surface area contributed by atoms with E-state index in [1.54, 1.807) is 11.1 Å². The minimum Gasteiger partial charge on any atom is -0.481 e. The first-order chi connectivity index (χ1) is 12.5. The van der Waals surface area contributed by atoms with Gasteiger partial charge in [-0.15, -0.1) is 11.3 Å². The molecule has 1 aromatic carbocycles. The molecule has 26 heavy (non-hydrogen) atoms. The molecular weight excluding hydrogens is 356 g/mol. The fourth-order valence-corrected chi connectivity index (χ4v) is 4.14. The zero-order chi connectivity index (χ0) is 18.3. The van der Waals surface area contributed by atoms with Crippen LogP contribution in [0.2, 0.25) is 0 Å². The van der Waals surface area contributed by atoms with Crippen LogP contribution >= 0.6 is 11.3 Å². The van der Waals surface area contributed by atoms with E-state index in [1.807, 2.05) is 25.1 Å². The summed E-state index contributed by atoms with van der Waals surface area (Å²) in [6.45, 7) is 2.40. The van der Waals surface area contributed by atoms with Gasteiger partial charge < -0.3 is 19.5 Å². The van der Waals surface area contributed by atoms with Gasteiger partial charge in [-0.3, -0.25) is 9.59 Å². The summed E-state index contributed by atoms with van der Waals surface area (Å²) in [5.41, 5.74) is 0.855. The molecule has 2 aromatic rings. The molecule has 1 saturated heterocycles. The number of thiazole rings is 1. The van der Waals surface area contributed by atoms with Crippen molar-refractivity contribution in [3.8, 4) is 22.1 Å². The highest BCUT2D eigenvalue weighted by atomic mass is 32.1. The predicted octanol–water partition coefficient (Wildman–Crippen LogP) is 2.86. The van der Waals surface area contributed by atoms with Crippen LogP contribution in [0.5, 0.6) is 11.5 Å². The van der Waals surface area contributed by atoms with Crippen molar-refractivity contribution in [3.63, 3.8) is 0 Å². The Kier molecular flexibility index (Phi) is 4.28. The predicted molar refractivity (Wildman–Crippen MR) is 94.5 cm³/mol. The maximum Gasteiger partial charge on any atom is 0.308 e. The maximum absolute atomic E-state index is 12.9. The Morgan fingerprint density at radius 1 is 1.27 bits per heavy atom. The maximum atomic E-state index is 12.9. The number of piperidine rings is 1. The van der Waals surface area contributed by atoms with Gasteiger partial charge in [0, 0.05) is 18.2 Å². The minimum atomic E-state index is -0.847. The zero-order valence-electron chi connectivity index (χ0n) is 14.2. The van der Waals surface area contributed by atoms with E-state index >= 15 is 0 Å². The molecule has 2 atom stereocenters. The summed E-state index contributed by atoms with van der Waals surface area (Å²) in [6.07, 6.45) is 2.85. The average Bonchev–Trinajstić information content (AvgIpc) is 3.30. The minimum absolute atomic E-state index is 0.0224. The number of aromatic nitrogens is 1. The lowest BCUT2D eigenvalue weighted by Crippen LogP contribution is -2.47. The van der Waals surface area contributed by atoms with Crippen molar-refractivity contribution in [1.82, 2.24) is 9.88 Å². The number of carboxylic acids is 1. The zero-order valence-corrected chi connectivity index (χ0v) is 15.0. The quantitative estimate of drug-likeness (QED) is 0.889. The molecule has 1 fully saturated rings. The Hall–Kier alpha value is -2.61. The van der Waals surface area contributed by atoms with E-state index in [9.17, 15) is 14.7 Å². The molecule has 0 radical (unpaired) electrons. The van der Waals surface area contributed by atoms with Gasteiger partial charge >= 0.3 is 5.97 Å². The number of benzene rings is 1. The number of hydrogen-bond donors (Lipinski definition) is 1. The standard InChI is InChI=1S/C18H18N2O5S/c1-10-2-3-12(18(22)23)8-20(10)17(21)15-7-19-16(26-15)11-4-5-13-14(6-11)25-9-24-13/h4-7,10,12H,2-3,8-9H2,1H3,(H,22,23). The van der Waals surface area contributed by atoms with E-state index in [1.165, 1.54) is 11.3 Å². The number of nitrogens with zero attached hydrogens (tertiary/aromatic N) is 2. The Balaban J connectivity index is 1.55. The summed E-state index contributed by atoms with van der Waals surface area (Å²) in [5.74, 6) is -0.146. The smallest absolute Gasteiger partial charge is 0.308 e. The van der Waals surface area contributed by atoms with Crippen LogP contribution in [0.15, 0.2) is 24.4 Å². The third kappa shape index (κ3) is 3.01. The Bertz CT molecular complexity index is 865. The van der Waals surface area contributed by atoms with Gasteiger partial charge in [-0.2, -0.15) is 0 Å². The number of carbonyl (C=O) groups is 2. The van der Waals surface area contributed by atoms with Crippen molar-refractivity contribution in [2.75, 3.05) is 13.3 Å². The van der Waals surface area contributed by atoms with Crippen LogP contribution in [-0.2, 0) is 4.79 Å². The average molecular weight is 374 g/mol. The number of ether oxygens (including phenoxy) is 2. The van der Waals surface area contributed by atoms with Crippen LogP contribution in [-0.4, -0.2) is 46.2 Å². The molecule has 0 saturated carbocycles. The number of rotatable bonds is 3. The molecule has 3 heterocycles. The molecule has 136 valence electrons. The second-order valence-electron chi connectivity index (χ2n) is 6.52. The first-order valence-corrected chi connectivity index (χ1v) is 9.24. The molecule has 1 aromatic heterocycles. The van der Waals surface area contributed by atoms with Gasteiger partial charge in [0.1, 0.15) is 9.88 Å². The Labute approximate surface area is 154 Å². The van der Waals surface area contributed by atoms with Gasteiger partial charge in [0.25, 0.3) is 5.91 Å². The Morgan fingerprint density at radius 3 is 2.88 bits per heavy atom. The van der Waals surface area contributed by atoms with Crippen molar-refractivity contribution in [1.29, 1.82) is 0 Å². The second-order valence-corrected chi connectivity index (χ2v) is 7.55. The number of aliphatic carboxylic acids is 1. The number of carbonyl (C=O) groups excluding carboxylic acids is 1. The highest BCUT2D eigenvalue weighted by Gasteiger charge is 2.33. The van der Waals surface area contributed by atoms with E-state index in [0.717, 1.165) is 5.56 Å². The molecule has 2 unspecified atom stereocenters. The number of hydrogen-bond acceptors (Lipinski definition) is 6. The van der Waals surface area contributed by atoms with Gasteiger partial charge in [-0.25, -0.2) is 4.98 Å². The van der Waals surface area contributed by atoms with Gasteiger partial charge in [-0.05, 0) is 38.0 Å². The summed E-state index contributed by atoms with van der Waals surface area (Å²) in [4.78, 5) is 30.7. The number of likely N-dealkylation sites (tertiary alicyclic amines) is 1. The molecule has 2 aliphatic heterocycles. The third-order valence-electron chi connectivity index (χ3n) is 4.83. The van der Waals surface area contributed by atoms with E-state index in [0.29, 0.717) is 34.2 Å². The Morgan fingerprint density at radius 2 is 2.08 bits per heavy atom. The van der Waals surface area contributed by atoms with Gasteiger partial charge in [0.05, 0.1) is 12.1 Å². The molecule has 7 nitrogen and oxygen atoms in total. The lowest BCUT2D eigenvalue weighted by Gasteiger charge is -2.36. The highest BCUT2D eigenvalue weighted by Crippen LogP contribution is 2.37. The summed E-state index contributed by atoms with van der Waals surface area (Å²) in [7, 11) is 0. The monoisotopic (exact) mass is 374 g/mol. The van der Waals surface area contributed by atoms with E-state index in [-0.39, 0.29) is 25.3 Å². The van der Waals surface area contributed by atoms with Crippen LogP contribution in [0.1, 0.15) is 29.4 Å². The molecule has 2 aliphatic rings. The molecule has 8 heteroatoms. The van der Waals surface area contributed by atoms with Crippen molar-refractivity contribution in [2.45, 2.75) is 25.8 Å². The normalized spacial score (nSPS) is 21.7. The fourth-order valence-electron chi connectivity index (χ4n) is 3.27. The van der Waals surface area contributed by atoms with E-state index < -0.39 is 11.9 Å². The van der Waals surface area contributed by atoms with Crippen molar-refractivity contribution in [3.05, 3.63) is 29.3 Å².